The number of allylic oxidation sites excluding steroid dienone is 5. The number of hydrogen-bond donors (Lipinski definition) is 1. The molecule has 0 radical (unpaired) electrons. The summed E-state index contributed by atoms with van der Waals surface area (Å²) in [5.74, 6) is -0.221. The van der Waals surface area contributed by atoms with E-state index in [1.165, 1.54) is 17.6 Å². The molecule has 0 aromatic heterocycles. The standard InChI is InChI=1S/C16H26O2/c1-12(2)14(4)11-10-13(3)8-6-7-9-15(5)16(17)18/h6-7,9,13H,8,10-11H2,1-5H3,(H,17,18). The Kier molecular flexibility index (Phi) is 8.10. The number of aliphatic carboxylic acids is 1. The van der Waals surface area contributed by atoms with Crippen molar-refractivity contribution < 1.29 is 9.90 Å². The van der Waals surface area contributed by atoms with Gasteiger partial charge in [0.05, 0.1) is 0 Å². The van der Waals surface area contributed by atoms with E-state index in [9.17, 15) is 4.79 Å². The second-order valence-corrected chi connectivity index (χ2v) is 5.24. The van der Waals surface area contributed by atoms with E-state index in [-0.39, 0.29) is 0 Å². The Morgan fingerprint density at radius 2 is 1.83 bits per heavy atom. The van der Waals surface area contributed by atoms with Gasteiger partial charge in [0.1, 0.15) is 0 Å². The molecule has 0 bridgehead atoms. The van der Waals surface area contributed by atoms with Gasteiger partial charge in [-0.05, 0) is 52.9 Å². The summed E-state index contributed by atoms with van der Waals surface area (Å²) in [7, 11) is 0. The summed E-state index contributed by atoms with van der Waals surface area (Å²) in [6, 6.07) is 0. The highest BCUT2D eigenvalue weighted by Gasteiger charge is 2.01. The Hall–Kier alpha value is -1.31. The summed E-state index contributed by atoms with van der Waals surface area (Å²) in [6.07, 6.45) is 8.88. The Bertz CT molecular complexity index is 355. The minimum Gasteiger partial charge on any atom is -0.478 e. The first kappa shape index (κ1) is 16.7. The van der Waals surface area contributed by atoms with Crippen LogP contribution in [0.15, 0.2) is 34.9 Å². The van der Waals surface area contributed by atoms with E-state index in [1.807, 2.05) is 6.08 Å². The Labute approximate surface area is 111 Å². The topological polar surface area (TPSA) is 37.3 Å². The first-order valence-corrected chi connectivity index (χ1v) is 6.54. The molecule has 0 amide bonds. The lowest BCUT2D eigenvalue weighted by atomic mass is 9.97. The second kappa shape index (κ2) is 8.73. The van der Waals surface area contributed by atoms with Gasteiger partial charge in [0.15, 0.2) is 0 Å². The van der Waals surface area contributed by atoms with E-state index < -0.39 is 5.97 Å². The third-order valence-electron chi connectivity index (χ3n) is 3.22. The van der Waals surface area contributed by atoms with E-state index in [0.717, 1.165) is 12.8 Å². The van der Waals surface area contributed by atoms with Crippen molar-refractivity contribution in [3.05, 3.63) is 34.9 Å². The third-order valence-corrected chi connectivity index (χ3v) is 3.22. The molecule has 0 aliphatic rings. The molecular weight excluding hydrogens is 224 g/mol. The van der Waals surface area contributed by atoms with Gasteiger partial charge < -0.3 is 5.11 Å². The zero-order chi connectivity index (χ0) is 14.1. The van der Waals surface area contributed by atoms with Gasteiger partial charge in [-0.25, -0.2) is 4.79 Å². The second-order valence-electron chi connectivity index (χ2n) is 5.24. The summed E-state index contributed by atoms with van der Waals surface area (Å²) >= 11 is 0. The summed E-state index contributed by atoms with van der Waals surface area (Å²) < 4.78 is 0. The molecule has 0 heterocycles. The van der Waals surface area contributed by atoms with Crippen molar-refractivity contribution in [2.45, 2.75) is 53.9 Å². The predicted molar refractivity (Wildman–Crippen MR) is 77.6 cm³/mol. The molecule has 0 aliphatic carbocycles. The molecule has 0 aliphatic heterocycles. The highest BCUT2D eigenvalue weighted by Crippen LogP contribution is 2.17. The number of carboxylic acid groups (broad SMARTS) is 1. The van der Waals surface area contributed by atoms with E-state index in [1.54, 1.807) is 13.0 Å². The third kappa shape index (κ3) is 7.88. The summed E-state index contributed by atoms with van der Waals surface area (Å²) in [5, 5.41) is 8.68. The van der Waals surface area contributed by atoms with Crippen LogP contribution < -0.4 is 0 Å². The van der Waals surface area contributed by atoms with Crippen LogP contribution in [0.5, 0.6) is 0 Å². The molecule has 0 aromatic rings. The molecule has 1 N–H and O–H groups in total. The van der Waals surface area contributed by atoms with E-state index in [4.69, 9.17) is 5.11 Å². The van der Waals surface area contributed by atoms with Crippen LogP contribution in [-0.4, -0.2) is 11.1 Å². The van der Waals surface area contributed by atoms with Gasteiger partial charge in [-0.3, -0.25) is 0 Å². The molecule has 0 spiro atoms. The van der Waals surface area contributed by atoms with Crippen molar-refractivity contribution >= 4 is 5.97 Å². The van der Waals surface area contributed by atoms with Gasteiger partial charge in [-0.1, -0.05) is 36.3 Å². The zero-order valence-electron chi connectivity index (χ0n) is 12.3. The summed E-state index contributed by atoms with van der Waals surface area (Å²) in [6.45, 7) is 10.3. The first-order chi connectivity index (χ1) is 8.34. The molecule has 1 unspecified atom stereocenters. The smallest absolute Gasteiger partial charge is 0.331 e. The number of rotatable bonds is 7. The monoisotopic (exact) mass is 250 g/mol. The van der Waals surface area contributed by atoms with Gasteiger partial charge in [-0.15, -0.1) is 0 Å². The molecular formula is C16H26O2. The molecule has 0 fully saturated rings. The van der Waals surface area contributed by atoms with Gasteiger partial charge in [0.2, 0.25) is 0 Å². The quantitative estimate of drug-likeness (QED) is 0.402. The average Bonchev–Trinajstić information content (AvgIpc) is 2.30. The van der Waals surface area contributed by atoms with Gasteiger partial charge in [0, 0.05) is 5.57 Å². The molecule has 2 nitrogen and oxygen atoms in total. The summed E-state index contributed by atoms with van der Waals surface area (Å²) in [4.78, 5) is 10.6. The molecule has 2 heteroatoms. The predicted octanol–water partition coefficient (Wildman–Crippen LogP) is 4.74. The minimum atomic E-state index is -0.855. The SMILES string of the molecule is CC(=CC=CCC(C)CCC(C)=C(C)C)C(=O)O. The lowest BCUT2D eigenvalue weighted by molar-refractivity contribution is -0.132. The van der Waals surface area contributed by atoms with Crippen molar-refractivity contribution in [1.29, 1.82) is 0 Å². The number of carbonyl (C=O) groups is 1. The van der Waals surface area contributed by atoms with Crippen LogP contribution in [0.25, 0.3) is 0 Å². The lowest BCUT2D eigenvalue weighted by Gasteiger charge is -2.09. The number of carboxylic acids is 1. The molecule has 0 aromatic carbocycles. The van der Waals surface area contributed by atoms with Crippen molar-refractivity contribution in [3.63, 3.8) is 0 Å². The van der Waals surface area contributed by atoms with Crippen LogP contribution in [0.4, 0.5) is 0 Å². The highest BCUT2D eigenvalue weighted by molar-refractivity contribution is 5.86. The van der Waals surface area contributed by atoms with Crippen LogP contribution in [0.1, 0.15) is 53.9 Å². The van der Waals surface area contributed by atoms with E-state index >= 15 is 0 Å². The molecule has 0 saturated carbocycles. The molecule has 18 heavy (non-hydrogen) atoms. The first-order valence-electron chi connectivity index (χ1n) is 6.54. The van der Waals surface area contributed by atoms with Crippen molar-refractivity contribution in [3.8, 4) is 0 Å². The van der Waals surface area contributed by atoms with Crippen LogP contribution in [0.3, 0.4) is 0 Å². The van der Waals surface area contributed by atoms with Crippen molar-refractivity contribution in [2.75, 3.05) is 0 Å². The van der Waals surface area contributed by atoms with Crippen molar-refractivity contribution in [1.82, 2.24) is 0 Å². The van der Waals surface area contributed by atoms with Gasteiger partial charge in [0.25, 0.3) is 0 Å². The minimum absolute atomic E-state index is 0.374. The largest absolute Gasteiger partial charge is 0.478 e. The van der Waals surface area contributed by atoms with Crippen molar-refractivity contribution in [2.24, 2.45) is 5.92 Å². The maximum absolute atomic E-state index is 10.6. The lowest BCUT2D eigenvalue weighted by Crippen LogP contribution is -1.95. The Morgan fingerprint density at radius 3 is 2.33 bits per heavy atom. The fraction of sp³-hybridized carbons (Fsp3) is 0.562. The van der Waals surface area contributed by atoms with E-state index in [0.29, 0.717) is 11.5 Å². The van der Waals surface area contributed by atoms with Crippen LogP contribution in [0.2, 0.25) is 0 Å². The van der Waals surface area contributed by atoms with Crippen LogP contribution in [-0.2, 0) is 4.79 Å². The number of hydrogen-bond acceptors (Lipinski definition) is 1. The maximum atomic E-state index is 10.6. The van der Waals surface area contributed by atoms with Crippen LogP contribution >= 0.6 is 0 Å². The maximum Gasteiger partial charge on any atom is 0.331 e. The molecule has 0 rings (SSSR count). The Morgan fingerprint density at radius 1 is 1.22 bits per heavy atom. The fourth-order valence-electron chi connectivity index (χ4n) is 1.43. The molecule has 0 saturated heterocycles. The van der Waals surface area contributed by atoms with E-state index in [2.05, 4.69) is 33.8 Å². The Balaban J connectivity index is 4.02. The normalized spacial score (nSPS) is 13.7. The van der Waals surface area contributed by atoms with Gasteiger partial charge >= 0.3 is 5.97 Å². The zero-order valence-corrected chi connectivity index (χ0v) is 12.3. The molecule has 102 valence electrons. The molecule has 1 atom stereocenters. The fourth-order valence-corrected chi connectivity index (χ4v) is 1.43. The average molecular weight is 250 g/mol. The highest BCUT2D eigenvalue weighted by atomic mass is 16.4. The van der Waals surface area contributed by atoms with Crippen LogP contribution in [0, 0.1) is 5.92 Å². The van der Waals surface area contributed by atoms with Gasteiger partial charge in [-0.2, -0.15) is 0 Å². The summed E-state index contributed by atoms with van der Waals surface area (Å²) in [5.41, 5.74) is 3.27.